The fourth-order valence-electron chi connectivity index (χ4n) is 4.18. The van der Waals surface area contributed by atoms with Crippen molar-refractivity contribution in [1.82, 2.24) is 5.32 Å². The Kier molecular flexibility index (Phi) is 5.17. The molecule has 1 aliphatic rings. The molecule has 0 spiro atoms. The highest BCUT2D eigenvalue weighted by atomic mass is 16.5. The lowest BCUT2D eigenvalue weighted by Gasteiger charge is -2.18. The van der Waals surface area contributed by atoms with Crippen LogP contribution in [0.2, 0.25) is 0 Å². The molecule has 0 bridgehead atoms. The van der Waals surface area contributed by atoms with Crippen LogP contribution in [-0.2, 0) is 12.8 Å². The Bertz CT molecular complexity index is 1010. The molecule has 1 aromatic heterocycles. The Balaban J connectivity index is 1.52. The standard InChI is InChI=1S/C22H24N2O5/c1-28-20-7-8-21(29-2)17-11-13(10-16(17)20)23-12-19(26)14-5-6-18(25)22-15(14)4-3-9-24(22)27/h3-9,13,19,23,25-26H,10-12H2,1-2H3. The van der Waals surface area contributed by atoms with Crippen molar-refractivity contribution >= 4 is 10.9 Å². The summed E-state index contributed by atoms with van der Waals surface area (Å²) >= 11 is 0. The molecule has 1 unspecified atom stereocenters. The molecule has 2 aromatic carbocycles. The van der Waals surface area contributed by atoms with Crippen LogP contribution in [0.1, 0.15) is 22.8 Å². The summed E-state index contributed by atoms with van der Waals surface area (Å²) in [6.07, 6.45) is 2.05. The van der Waals surface area contributed by atoms with Gasteiger partial charge in [-0.05, 0) is 42.7 Å². The molecular weight excluding hydrogens is 372 g/mol. The maximum atomic E-state index is 12.0. The quantitative estimate of drug-likeness (QED) is 0.435. The summed E-state index contributed by atoms with van der Waals surface area (Å²) in [6, 6.07) is 10.4. The molecule has 7 nitrogen and oxygen atoms in total. The van der Waals surface area contributed by atoms with Crippen LogP contribution in [0.4, 0.5) is 0 Å². The van der Waals surface area contributed by atoms with E-state index in [2.05, 4.69) is 5.32 Å². The van der Waals surface area contributed by atoms with Crippen molar-refractivity contribution in [3.63, 3.8) is 0 Å². The number of phenolic OH excluding ortho intramolecular Hbond substituents is 1. The molecule has 0 fully saturated rings. The summed E-state index contributed by atoms with van der Waals surface area (Å²) in [6.45, 7) is 0.316. The number of aromatic nitrogens is 1. The van der Waals surface area contributed by atoms with Crippen LogP contribution in [0.15, 0.2) is 42.6 Å². The number of phenols is 1. The number of aliphatic hydroxyl groups excluding tert-OH is 1. The zero-order valence-corrected chi connectivity index (χ0v) is 16.4. The van der Waals surface area contributed by atoms with Gasteiger partial charge in [0.2, 0.25) is 0 Å². The smallest absolute Gasteiger partial charge is 0.266 e. The number of pyridine rings is 1. The molecule has 3 aromatic rings. The number of fused-ring (bicyclic) bond motifs is 2. The van der Waals surface area contributed by atoms with Gasteiger partial charge >= 0.3 is 0 Å². The van der Waals surface area contributed by atoms with Gasteiger partial charge in [0.25, 0.3) is 5.52 Å². The SMILES string of the molecule is COc1ccc(OC)c2c1CC(NCC(O)c1ccc(O)c3c1ccc[n+]3[O-])C2. The minimum atomic E-state index is -0.826. The summed E-state index contributed by atoms with van der Waals surface area (Å²) < 4.78 is 11.6. The van der Waals surface area contributed by atoms with Crippen molar-refractivity contribution in [3.05, 3.63) is 64.5 Å². The van der Waals surface area contributed by atoms with Crippen molar-refractivity contribution in [2.24, 2.45) is 0 Å². The fourth-order valence-corrected chi connectivity index (χ4v) is 4.18. The molecule has 152 valence electrons. The number of hydrogen-bond donors (Lipinski definition) is 3. The lowest BCUT2D eigenvalue weighted by Crippen LogP contribution is -2.33. The number of aliphatic hydroxyl groups is 1. The monoisotopic (exact) mass is 396 g/mol. The molecule has 7 heteroatoms. The summed E-state index contributed by atoms with van der Waals surface area (Å²) in [4.78, 5) is 0. The number of benzene rings is 2. The minimum Gasteiger partial charge on any atom is -0.618 e. The zero-order chi connectivity index (χ0) is 20.5. The average molecular weight is 396 g/mol. The van der Waals surface area contributed by atoms with Crippen molar-refractivity contribution in [2.75, 3.05) is 20.8 Å². The van der Waals surface area contributed by atoms with Crippen LogP contribution in [-0.4, -0.2) is 37.0 Å². The van der Waals surface area contributed by atoms with Gasteiger partial charge in [-0.3, -0.25) is 0 Å². The second-order valence-electron chi connectivity index (χ2n) is 7.23. The van der Waals surface area contributed by atoms with Gasteiger partial charge in [0.1, 0.15) is 11.5 Å². The van der Waals surface area contributed by atoms with Crippen molar-refractivity contribution in [1.29, 1.82) is 0 Å². The van der Waals surface area contributed by atoms with E-state index < -0.39 is 6.10 Å². The van der Waals surface area contributed by atoms with E-state index in [0.717, 1.165) is 35.5 Å². The van der Waals surface area contributed by atoms with Crippen molar-refractivity contribution in [2.45, 2.75) is 25.0 Å². The van der Waals surface area contributed by atoms with Gasteiger partial charge in [0.15, 0.2) is 11.9 Å². The van der Waals surface area contributed by atoms with Crippen LogP contribution in [0.3, 0.4) is 0 Å². The van der Waals surface area contributed by atoms with E-state index in [1.165, 1.54) is 12.3 Å². The number of nitrogens with zero attached hydrogens (tertiary/aromatic N) is 1. The Hall–Kier alpha value is -3.03. The average Bonchev–Trinajstić information content (AvgIpc) is 3.16. The van der Waals surface area contributed by atoms with E-state index in [9.17, 15) is 15.4 Å². The number of nitrogens with one attached hydrogen (secondary N) is 1. The van der Waals surface area contributed by atoms with Gasteiger partial charge in [0.05, 0.1) is 25.7 Å². The predicted molar refractivity (Wildman–Crippen MR) is 108 cm³/mol. The first kappa shape index (κ1) is 19.3. The molecule has 3 N–H and O–H groups in total. The van der Waals surface area contributed by atoms with E-state index in [0.29, 0.717) is 22.2 Å². The van der Waals surface area contributed by atoms with E-state index in [1.54, 1.807) is 32.4 Å². The van der Waals surface area contributed by atoms with E-state index in [1.807, 2.05) is 12.1 Å². The third-order valence-corrected chi connectivity index (χ3v) is 5.58. The van der Waals surface area contributed by atoms with Crippen LogP contribution in [0, 0.1) is 5.21 Å². The lowest BCUT2D eigenvalue weighted by molar-refractivity contribution is -0.577. The Morgan fingerprint density at radius 3 is 2.38 bits per heavy atom. The maximum absolute atomic E-state index is 12.0. The maximum Gasteiger partial charge on any atom is 0.266 e. The van der Waals surface area contributed by atoms with Crippen molar-refractivity contribution < 1.29 is 24.4 Å². The first-order valence-electron chi connectivity index (χ1n) is 9.51. The number of methoxy groups -OCH3 is 2. The second-order valence-corrected chi connectivity index (χ2v) is 7.23. The highest BCUT2D eigenvalue weighted by Gasteiger charge is 2.28. The molecule has 0 amide bonds. The summed E-state index contributed by atoms with van der Waals surface area (Å²) in [5.41, 5.74) is 3.01. The van der Waals surface area contributed by atoms with Crippen LogP contribution < -0.4 is 19.5 Å². The van der Waals surface area contributed by atoms with E-state index in [-0.39, 0.29) is 17.3 Å². The number of rotatable bonds is 6. The number of hydrogen-bond acceptors (Lipinski definition) is 6. The van der Waals surface area contributed by atoms with E-state index in [4.69, 9.17) is 9.47 Å². The highest BCUT2D eigenvalue weighted by molar-refractivity contribution is 5.85. The topological polar surface area (TPSA) is 97.9 Å². The van der Waals surface area contributed by atoms with Crippen molar-refractivity contribution in [3.8, 4) is 17.2 Å². The molecule has 0 saturated heterocycles. The first-order chi connectivity index (χ1) is 14.0. The Labute approximate surface area is 168 Å². The molecule has 1 atom stereocenters. The molecule has 0 saturated carbocycles. The first-order valence-corrected chi connectivity index (χ1v) is 9.51. The second kappa shape index (κ2) is 7.77. The predicted octanol–water partition coefficient (Wildman–Crippen LogP) is 1.99. The minimum absolute atomic E-state index is 0.107. The fraction of sp³-hybridized carbons (Fsp3) is 0.318. The zero-order valence-electron chi connectivity index (χ0n) is 16.4. The third-order valence-electron chi connectivity index (χ3n) is 5.58. The summed E-state index contributed by atoms with van der Waals surface area (Å²) in [7, 11) is 3.32. The third kappa shape index (κ3) is 3.43. The van der Waals surface area contributed by atoms with Gasteiger partial charge in [-0.25, -0.2) is 0 Å². The summed E-state index contributed by atoms with van der Waals surface area (Å²) in [5.74, 6) is 1.58. The number of ether oxygens (including phenoxy) is 2. The molecule has 29 heavy (non-hydrogen) atoms. The van der Waals surface area contributed by atoms with Gasteiger partial charge in [0, 0.05) is 29.8 Å². The molecular formula is C22H24N2O5. The van der Waals surface area contributed by atoms with E-state index >= 15 is 0 Å². The van der Waals surface area contributed by atoms with Gasteiger partial charge in [-0.1, -0.05) is 6.07 Å². The highest BCUT2D eigenvalue weighted by Crippen LogP contribution is 2.37. The molecule has 0 aliphatic heterocycles. The molecule has 1 heterocycles. The molecule has 4 rings (SSSR count). The Morgan fingerprint density at radius 1 is 1.10 bits per heavy atom. The molecule has 0 radical (unpaired) electrons. The van der Waals surface area contributed by atoms with Gasteiger partial charge in [-0.2, -0.15) is 4.73 Å². The van der Waals surface area contributed by atoms with Crippen LogP contribution >= 0.6 is 0 Å². The van der Waals surface area contributed by atoms with Gasteiger partial charge in [-0.15, -0.1) is 0 Å². The Morgan fingerprint density at radius 2 is 1.76 bits per heavy atom. The van der Waals surface area contributed by atoms with Gasteiger partial charge < -0.3 is 30.2 Å². The molecule has 1 aliphatic carbocycles. The summed E-state index contributed by atoms with van der Waals surface area (Å²) in [5, 5.41) is 36.8. The lowest BCUT2D eigenvalue weighted by atomic mass is 10.0. The normalized spacial score (nSPS) is 14.7. The van der Waals surface area contributed by atoms with Crippen LogP contribution in [0.25, 0.3) is 10.9 Å². The van der Waals surface area contributed by atoms with Crippen LogP contribution in [0.5, 0.6) is 17.2 Å². The number of aromatic hydroxyl groups is 1. The largest absolute Gasteiger partial charge is 0.618 e.